The Morgan fingerprint density at radius 3 is 2.87 bits per heavy atom. The molecule has 30 heavy (non-hydrogen) atoms. The second kappa shape index (κ2) is 7.46. The minimum atomic E-state index is -3.36. The number of halogens is 2. The average molecular weight is 422 g/mol. The van der Waals surface area contributed by atoms with Crippen molar-refractivity contribution < 1.29 is 33.0 Å². The fraction of sp³-hybridized carbons (Fsp3) is 0.333. The zero-order chi connectivity index (χ0) is 21.5. The predicted molar refractivity (Wildman–Crippen MR) is 97.6 cm³/mol. The van der Waals surface area contributed by atoms with Crippen LogP contribution >= 0.6 is 0 Å². The van der Waals surface area contributed by atoms with E-state index in [1.54, 1.807) is 0 Å². The molecule has 2 atom stereocenters. The van der Waals surface area contributed by atoms with Crippen LogP contribution in [0.5, 0.6) is 5.75 Å². The molecule has 2 unspecified atom stereocenters. The van der Waals surface area contributed by atoms with Crippen molar-refractivity contribution in [3.05, 3.63) is 46.5 Å². The Morgan fingerprint density at radius 1 is 1.37 bits per heavy atom. The van der Waals surface area contributed by atoms with E-state index in [9.17, 15) is 23.2 Å². The number of nitrogens with zero attached hydrogens (tertiary/aromatic N) is 2. The largest absolute Gasteiger partial charge is 0.482 e. The number of amides is 2. The highest BCUT2D eigenvalue weighted by molar-refractivity contribution is 6.05. The molecule has 2 aliphatic rings. The fourth-order valence-corrected chi connectivity index (χ4v) is 3.18. The molecule has 1 saturated heterocycles. The number of aromatic nitrogens is 2. The quantitative estimate of drug-likeness (QED) is 0.662. The van der Waals surface area contributed by atoms with Crippen LogP contribution in [0.15, 0.2) is 35.3 Å². The molecule has 10 nitrogen and oxygen atoms in total. The van der Waals surface area contributed by atoms with E-state index in [2.05, 4.69) is 15.6 Å². The zero-order valence-corrected chi connectivity index (χ0v) is 15.3. The van der Waals surface area contributed by atoms with Crippen molar-refractivity contribution in [3.63, 3.8) is 0 Å². The van der Waals surface area contributed by atoms with Gasteiger partial charge in [0.15, 0.2) is 6.61 Å². The monoisotopic (exact) mass is 422 g/mol. The van der Waals surface area contributed by atoms with Crippen LogP contribution < -0.4 is 21.1 Å². The van der Waals surface area contributed by atoms with Crippen molar-refractivity contribution in [2.24, 2.45) is 0 Å². The molecule has 0 bridgehead atoms. The van der Waals surface area contributed by atoms with Crippen molar-refractivity contribution in [2.45, 2.75) is 24.7 Å². The third-order valence-corrected chi connectivity index (χ3v) is 4.59. The summed E-state index contributed by atoms with van der Waals surface area (Å²) in [6.07, 6.45) is -2.67. The number of ether oxygens (including phenoxy) is 2. The third kappa shape index (κ3) is 3.74. The van der Waals surface area contributed by atoms with E-state index in [0.717, 1.165) is 6.20 Å². The lowest BCUT2D eigenvalue weighted by Crippen LogP contribution is -2.35. The number of rotatable bonds is 4. The number of fused-ring (bicyclic) bond motifs is 1. The smallest absolute Gasteiger partial charge is 0.351 e. The maximum absolute atomic E-state index is 14.1. The summed E-state index contributed by atoms with van der Waals surface area (Å²) in [5.74, 6) is -4.13. The minimum Gasteiger partial charge on any atom is -0.482 e. The summed E-state index contributed by atoms with van der Waals surface area (Å²) in [6, 6.07) is 5.52. The van der Waals surface area contributed by atoms with E-state index in [-0.39, 0.29) is 23.9 Å². The maximum Gasteiger partial charge on any atom is 0.351 e. The second-order valence-corrected chi connectivity index (χ2v) is 6.76. The highest BCUT2D eigenvalue weighted by atomic mass is 19.3. The molecule has 0 aliphatic carbocycles. The Bertz CT molecular complexity index is 1070. The van der Waals surface area contributed by atoms with Gasteiger partial charge in [0.25, 0.3) is 17.7 Å². The molecule has 3 heterocycles. The van der Waals surface area contributed by atoms with Gasteiger partial charge in [-0.3, -0.25) is 14.2 Å². The summed E-state index contributed by atoms with van der Waals surface area (Å²) >= 11 is 0. The first kappa shape index (κ1) is 19.9. The van der Waals surface area contributed by atoms with E-state index in [0.29, 0.717) is 16.0 Å². The number of carbonyl (C=O) groups is 2. The number of aliphatic hydroxyl groups excluding tert-OH is 1. The Balaban J connectivity index is 1.51. The molecule has 3 N–H and O–H groups in total. The van der Waals surface area contributed by atoms with Gasteiger partial charge in [-0.05, 0) is 24.3 Å². The topological polar surface area (TPSA) is 132 Å². The van der Waals surface area contributed by atoms with Crippen LogP contribution in [0.3, 0.4) is 0 Å². The van der Waals surface area contributed by atoms with Gasteiger partial charge in [-0.15, -0.1) is 0 Å². The zero-order valence-electron chi connectivity index (χ0n) is 15.3. The van der Waals surface area contributed by atoms with Gasteiger partial charge in [0.1, 0.15) is 11.6 Å². The molecule has 12 heteroatoms. The lowest BCUT2D eigenvalue weighted by molar-refractivity contribution is -0.120. The summed E-state index contributed by atoms with van der Waals surface area (Å²) in [5.41, 5.74) is -0.456. The third-order valence-electron chi connectivity index (χ3n) is 4.59. The van der Waals surface area contributed by atoms with E-state index < -0.39 is 42.9 Å². The molecule has 0 saturated carbocycles. The lowest BCUT2D eigenvalue weighted by atomic mass is 10.1. The van der Waals surface area contributed by atoms with Crippen LogP contribution in [0.25, 0.3) is 0 Å². The summed E-state index contributed by atoms with van der Waals surface area (Å²) < 4.78 is 39.0. The number of hydrogen-bond donors (Lipinski definition) is 3. The minimum absolute atomic E-state index is 0.145. The van der Waals surface area contributed by atoms with E-state index in [1.807, 2.05) is 0 Å². The maximum atomic E-state index is 14.1. The first-order chi connectivity index (χ1) is 14.3. The Labute approximate surface area is 167 Å². The molecule has 158 valence electrons. The van der Waals surface area contributed by atoms with Crippen molar-refractivity contribution in [1.29, 1.82) is 0 Å². The van der Waals surface area contributed by atoms with Gasteiger partial charge in [0.05, 0.1) is 18.4 Å². The molecule has 2 amide bonds. The van der Waals surface area contributed by atoms with Gasteiger partial charge < -0.3 is 25.2 Å². The van der Waals surface area contributed by atoms with E-state index in [4.69, 9.17) is 14.6 Å². The summed E-state index contributed by atoms with van der Waals surface area (Å²) in [4.78, 5) is 39.5. The van der Waals surface area contributed by atoms with Crippen LogP contribution in [-0.2, 0) is 9.53 Å². The van der Waals surface area contributed by atoms with Gasteiger partial charge >= 0.3 is 5.69 Å². The number of anilines is 2. The fourth-order valence-electron chi connectivity index (χ4n) is 3.18. The van der Waals surface area contributed by atoms with E-state index in [1.165, 1.54) is 24.3 Å². The van der Waals surface area contributed by atoms with Crippen molar-refractivity contribution >= 4 is 23.3 Å². The Morgan fingerprint density at radius 2 is 2.17 bits per heavy atom. The van der Waals surface area contributed by atoms with Gasteiger partial charge in [-0.1, -0.05) is 0 Å². The molecule has 1 aromatic carbocycles. The first-order valence-electron chi connectivity index (χ1n) is 8.88. The molecule has 2 aromatic rings. The van der Waals surface area contributed by atoms with Crippen LogP contribution in [0.2, 0.25) is 0 Å². The number of nitrogens with one attached hydrogen (secondary N) is 2. The van der Waals surface area contributed by atoms with Crippen molar-refractivity contribution in [3.8, 4) is 5.75 Å². The number of hydrogen-bond acceptors (Lipinski definition) is 7. The van der Waals surface area contributed by atoms with Gasteiger partial charge in [-0.25, -0.2) is 13.6 Å². The predicted octanol–water partition coefficient (Wildman–Crippen LogP) is 0.742. The highest BCUT2D eigenvalue weighted by Gasteiger charge is 2.51. The lowest BCUT2D eigenvalue weighted by Gasteiger charge is -2.20. The van der Waals surface area contributed by atoms with Crippen LogP contribution in [-0.4, -0.2) is 51.7 Å². The van der Waals surface area contributed by atoms with Gasteiger partial charge in [0, 0.05) is 18.2 Å². The van der Waals surface area contributed by atoms with Crippen LogP contribution in [0.4, 0.5) is 20.3 Å². The van der Waals surface area contributed by atoms with Crippen LogP contribution in [0.1, 0.15) is 23.0 Å². The highest BCUT2D eigenvalue weighted by Crippen LogP contribution is 2.41. The molecule has 4 rings (SSSR count). The SMILES string of the molecule is O=C1COc2cc(C(=O)Nc3ccn(C4OC(CO)CC4(F)F)c(=O)n3)ccc2N1. The molecule has 0 radical (unpaired) electrons. The Kier molecular flexibility index (Phi) is 4.95. The standard InChI is InChI=1S/C18H16F2N4O6/c19-18(20)6-10(7-25)30-16(18)24-4-3-13(23-17(24)28)22-15(27)9-1-2-11-12(5-9)29-8-14(26)21-11/h1-5,10,16,25H,6-8H2,(H,21,26)(H,22,23,27,28). The average Bonchev–Trinajstić information content (AvgIpc) is 3.02. The number of aliphatic hydroxyl groups is 1. The summed E-state index contributed by atoms with van der Waals surface area (Å²) in [5, 5.41) is 14.0. The molecular formula is C18H16F2N4O6. The number of alkyl halides is 2. The summed E-state index contributed by atoms with van der Waals surface area (Å²) in [7, 11) is 0. The van der Waals surface area contributed by atoms with Crippen LogP contribution in [0, 0.1) is 0 Å². The molecular weight excluding hydrogens is 406 g/mol. The van der Waals surface area contributed by atoms with E-state index >= 15 is 0 Å². The second-order valence-electron chi connectivity index (χ2n) is 6.76. The van der Waals surface area contributed by atoms with Crippen molar-refractivity contribution in [2.75, 3.05) is 23.8 Å². The molecule has 1 fully saturated rings. The number of carbonyl (C=O) groups excluding carboxylic acids is 2. The number of benzene rings is 1. The molecule has 2 aliphatic heterocycles. The Hall–Kier alpha value is -3.38. The van der Waals surface area contributed by atoms with Crippen molar-refractivity contribution in [1.82, 2.24) is 9.55 Å². The first-order valence-corrected chi connectivity index (χ1v) is 8.88. The normalized spacial score (nSPS) is 22.0. The van der Waals surface area contributed by atoms with Gasteiger partial charge in [-0.2, -0.15) is 4.98 Å². The molecule has 1 aromatic heterocycles. The summed E-state index contributed by atoms with van der Waals surface area (Å²) in [6.45, 7) is -0.778. The van der Waals surface area contributed by atoms with Gasteiger partial charge in [0.2, 0.25) is 6.23 Å². The molecule has 0 spiro atoms.